The molecular weight excluding hydrogens is 478 g/mol. The van der Waals surface area contributed by atoms with Crippen LogP contribution in [0.1, 0.15) is 16.1 Å². The molecule has 1 amide bonds. The highest BCUT2D eigenvalue weighted by Gasteiger charge is 2.18. The Balaban J connectivity index is 1.42. The van der Waals surface area contributed by atoms with Crippen LogP contribution in [0, 0.1) is 0 Å². The third kappa shape index (κ3) is 3.84. The molecule has 2 aromatic carbocycles. The zero-order valence-corrected chi connectivity index (χ0v) is 18.9. The molecule has 0 radical (unpaired) electrons. The van der Waals surface area contributed by atoms with E-state index in [4.69, 9.17) is 0 Å². The molecule has 148 valence electrons. The van der Waals surface area contributed by atoms with E-state index in [1.165, 1.54) is 11.3 Å². The van der Waals surface area contributed by atoms with Gasteiger partial charge in [0.25, 0.3) is 5.91 Å². The van der Waals surface area contributed by atoms with Crippen LogP contribution in [0.3, 0.4) is 0 Å². The molecule has 5 aromatic rings. The molecule has 3 heterocycles. The number of thiazole rings is 1. The predicted molar refractivity (Wildman–Crippen MR) is 129 cm³/mol. The van der Waals surface area contributed by atoms with Gasteiger partial charge in [0, 0.05) is 22.0 Å². The lowest BCUT2D eigenvalue weighted by Crippen LogP contribution is -2.17. The summed E-state index contributed by atoms with van der Waals surface area (Å²) in [6.45, 7) is 0.645. The highest BCUT2D eigenvalue weighted by atomic mass is 79.9. The second kappa shape index (κ2) is 8.18. The van der Waals surface area contributed by atoms with Crippen molar-refractivity contribution < 1.29 is 4.79 Å². The zero-order chi connectivity index (χ0) is 20.5. The maximum Gasteiger partial charge on any atom is 0.274 e. The number of aromatic nitrogens is 2. The summed E-state index contributed by atoms with van der Waals surface area (Å²) >= 11 is 6.52. The Kier molecular flexibility index (Phi) is 5.25. The topological polar surface area (TPSA) is 46.9 Å². The number of amides is 1. The standard InChI is InChI=1S/C23H16BrN3OS2/c24-17-8-6-16(7-9-17)18-14-30-23(25-18)26-22(28)20-12-21-19(10-11-29-21)27(20)13-15-4-2-1-3-5-15/h1-12,14H,13H2,(H,25,26,28). The van der Waals surface area contributed by atoms with E-state index in [-0.39, 0.29) is 5.91 Å². The predicted octanol–water partition coefficient (Wildman–Crippen LogP) is 6.89. The van der Waals surface area contributed by atoms with Crippen LogP contribution in [0.15, 0.2) is 82.0 Å². The van der Waals surface area contributed by atoms with E-state index < -0.39 is 0 Å². The Bertz CT molecular complexity index is 1320. The first-order chi connectivity index (χ1) is 14.7. The lowest BCUT2D eigenvalue weighted by Gasteiger charge is -2.10. The Morgan fingerprint density at radius 3 is 2.63 bits per heavy atom. The van der Waals surface area contributed by atoms with Gasteiger partial charge in [-0.25, -0.2) is 4.98 Å². The maximum absolute atomic E-state index is 13.1. The molecule has 5 rings (SSSR count). The van der Waals surface area contributed by atoms with E-state index in [2.05, 4.69) is 54.4 Å². The van der Waals surface area contributed by atoms with Gasteiger partial charge in [0.05, 0.1) is 15.9 Å². The van der Waals surface area contributed by atoms with Crippen molar-refractivity contribution in [3.8, 4) is 11.3 Å². The fourth-order valence-electron chi connectivity index (χ4n) is 3.35. The monoisotopic (exact) mass is 493 g/mol. The third-order valence-electron chi connectivity index (χ3n) is 4.80. The van der Waals surface area contributed by atoms with Crippen LogP contribution in [0.5, 0.6) is 0 Å². The van der Waals surface area contributed by atoms with Crippen molar-refractivity contribution in [2.24, 2.45) is 0 Å². The van der Waals surface area contributed by atoms with Crippen LogP contribution in [-0.4, -0.2) is 15.5 Å². The van der Waals surface area contributed by atoms with Gasteiger partial charge in [-0.1, -0.05) is 58.4 Å². The van der Waals surface area contributed by atoms with Gasteiger partial charge in [-0.3, -0.25) is 10.1 Å². The van der Waals surface area contributed by atoms with Crippen LogP contribution >= 0.6 is 38.6 Å². The number of fused-ring (bicyclic) bond motifs is 1. The van der Waals surface area contributed by atoms with Crippen LogP contribution in [-0.2, 0) is 6.54 Å². The molecule has 0 saturated carbocycles. The smallest absolute Gasteiger partial charge is 0.274 e. The average molecular weight is 494 g/mol. The van der Waals surface area contributed by atoms with Gasteiger partial charge in [0.15, 0.2) is 5.13 Å². The summed E-state index contributed by atoms with van der Waals surface area (Å²) in [4.78, 5) is 17.7. The summed E-state index contributed by atoms with van der Waals surface area (Å²) in [6.07, 6.45) is 0. The molecule has 3 aromatic heterocycles. The van der Waals surface area contributed by atoms with Crippen LogP contribution in [0.25, 0.3) is 21.5 Å². The van der Waals surface area contributed by atoms with E-state index in [1.807, 2.05) is 53.9 Å². The van der Waals surface area contributed by atoms with Gasteiger partial charge >= 0.3 is 0 Å². The molecule has 0 atom stereocenters. The number of carbonyl (C=O) groups excluding carboxylic acids is 1. The molecular formula is C23H16BrN3OS2. The number of rotatable bonds is 5. The molecule has 0 aliphatic rings. The van der Waals surface area contributed by atoms with E-state index in [0.29, 0.717) is 17.4 Å². The molecule has 0 aliphatic carbocycles. The van der Waals surface area contributed by atoms with Crippen molar-refractivity contribution in [3.05, 3.63) is 93.2 Å². The Morgan fingerprint density at radius 2 is 1.83 bits per heavy atom. The van der Waals surface area contributed by atoms with Crippen molar-refractivity contribution >= 4 is 59.9 Å². The Hall–Kier alpha value is -2.74. The molecule has 0 spiro atoms. The molecule has 0 bridgehead atoms. The average Bonchev–Trinajstić information content (AvgIpc) is 3.47. The Morgan fingerprint density at radius 1 is 1.03 bits per heavy atom. The molecule has 4 nitrogen and oxygen atoms in total. The number of carbonyl (C=O) groups is 1. The van der Waals surface area contributed by atoms with Gasteiger partial charge in [-0.05, 0) is 35.2 Å². The summed E-state index contributed by atoms with van der Waals surface area (Å²) in [5.41, 5.74) is 4.73. The minimum absolute atomic E-state index is 0.147. The summed E-state index contributed by atoms with van der Waals surface area (Å²) in [5, 5.41) is 7.58. The van der Waals surface area contributed by atoms with Gasteiger partial charge in [0.2, 0.25) is 0 Å². The number of hydrogen-bond acceptors (Lipinski definition) is 4. The van der Waals surface area contributed by atoms with Crippen molar-refractivity contribution in [2.75, 3.05) is 5.32 Å². The Labute approximate surface area is 190 Å². The van der Waals surface area contributed by atoms with E-state index in [1.54, 1.807) is 11.3 Å². The van der Waals surface area contributed by atoms with Crippen molar-refractivity contribution in [1.82, 2.24) is 9.55 Å². The normalized spacial score (nSPS) is 11.1. The summed E-state index contributed by atoms with van der Waals surface area (Å²) in [7, 11) is 0. The van der Waals surface area contributed by atoms with E-state index >= 15 is 0 Å². The highest BCUT2D eigenvalue weighted by molar-refractivity contribution is 9.10. The van der Waals surface area contributed by atoms with Gasteiger partial charge in [0.1, 0.15) is 5.69 Å². The van der Waals surface area contributed by atoms with Crippen molar-refractivity contribution in [3.63, 3.8) is 0 Å². The number of benzene rings is 2. The number of nitrogens with zero attached hydrogens (tertiary/aromatic N) is 2. The number of thiophene rings is 1. The minimum Gasteiger partial charge on any atom is -0.331 e. The quantitative estimate of drug-likeness (QED) is 0.289. The fraction of sp³-hybridized carbons (Fsp3) is 0.0435. The van der Waals surface area contributed by atoms with E-state index in [9.17, 15) is 4.79 Å². The minimum atomic E-state index is -0.147. The number of anilines is 1. The van der Waals surface area contributed by atoms with Gasteiger partial charge in [-0.2, -0.15) is 0 Å². The largest absolute Gasteiger partial charge is 0.331 e. The van der Waals surface area contributed by atoms with E-state index in [0.717, 1.165) is 31.5 Å². The highest BCUT2D eigenvalue weighted by Crippen LogP contribution is 2.29. The number of halogens is 1. The molecule has 0 unspecified atom stereocenters. The van der Waals surface area contributed by atoms with Gasteiger partial charge in [-0.15, -0.1) is 22.7 Å². The van der Waals surface area contributed by atoms with Crippen LogP contribution in [0.4, 0.5) is 5.13 Å². The second-order valence-corrected chi connectivity index (χ2v) is 9.49. The SMILES string of the molecule is O=C(Nc1nc(-c2ccc(Br)cc2)cs1)c1cc2sccc2n1Cc1ccccc1. The molecule has 0 fully saturated rings. The molecule has 30 heavy (non-hydrogen) atoms. The second-order valence-electron chi connectivity index (χ2n) is 6.77. The first-order valence-electron chi connectivity index (χ1n) is 9.31. The molecule has 0 aliphatic heterocycles. The number of nitrogens with one attached hydrogen (secondary N) is 1. The lowest BCUT2D eigenvalue weighted by atomic mass is 10.2. The molecule has 0 saturated heterocycles. The summed E-state index contributed by atoms with van der Waals surface area (Å²) in [6, 6.07) is 22.2. The fourth-order valence-corrected chi connectivity index (χ4v) is 5.15. The summed E-state index contributed by atoms with van der Waals surface area (Å²) in [5.74, 6) is -0.147. The van der Waals surface area contributed by atoms with Gasteiger partial charge < -0.3 is 4.57 Å². The molecule has 1 N–H and O–H groups in total. The first-order valence-corrected chi connectivity index (χ1v) is 11.9. The van der Waals surface area contributed by atoms with Crippen LogP contribution in [0.2, 0.25) is 0 Å². The lowest BCUT2D eigenvalue weighted by molar-refractivity contribution is 0.101. The van der Waals surface area contributed by atoms with Crippen LogP contribution < -0.4 is 5.32 Å². The first kappa shape index (κ1) is 19.2. The van der Waals surface area contributed by atoms with Crippen molar-refractivity contribution in [2.45, 2.75) is 6.54 Å². The zero-order valence-electron chi connectivity index (χ0n) is 15.7. The number of hydrogen-bond donors (Lipinski definition) is 1. The maximum atomic E-state index is 13.1. The summed E-state index contributed by atoms with van der Waals surface area (Å²) < 4.78 is 4.19. The van der Waals surface area contributed by atoms with Crippen molar-refractivity contribution in [1.29, 1.82) is 0 Å². The third-order valence-corrected chi connectivity index (χ3v) is 6.94. The molecule has 7 heteroatoms.